The summed E-state index contributed by atoms with van der Waals surface area (Å²) in [5, 5.41) is 2.22. The molecular formula is C15H16S. The van der Waals surface area contributed by atoms with Crippen molar-refractivity contribution in [1.82, 2.24) is 0 Å². The standard InChI is InChI=1S/C15H16S/c1-12(2)8-9-15-10-14(11-16-15)13-6-4-3-5-7-13/h3-12H,1-2H3/b9-8+. The first-order valence-electron chi connectivity index (χ1n) is 5.58. The normalized spacial score (nSPS) is 11.4. The lowest BCUT2D eigenvalue weighted by Gasteiger charge is -1.94. The zero-order chi connectivity index (χ0) is 11.4. The fraction of sp³-hybridized carbons (Fsp3) is 0.200. The van der Waals surface area contributed by atoms with E-state index >= 15 is 0 Å². The van der Waals surface area contributed by atoms with E-state index in [1.807, 2.05) is 0 Å². The van der Waals surface area contributed by atoms with Gasteiger partial charge in [-0.25, -0.2) is 0 Å². The van der Waals surface area contributed by atoms with Gasteiger partial charge >= 0.3 is 0 Å². The van der Waals surface area contributed by atoms with E-state index in [-0.39, 0.29) is 0 Å². The van der Waals surface area contributed by atoms with Crippen LogP contribution in [0.3, 0.4) is 0 Å². The van der Waals surface area contributed by atoms with Crippen molar-refractivity contribution >= 4 is 17.4 Å². The highest BCUT2D eigenvalue weighted by molar-refractivity contribution is 7.11. The minimum atomic E-state index is 0.613. The van der Waals surface area contributed by atoms with Gasteiger partial charge < -0.3 is 0 Å². The molecule has 16 heavy (non-hydrogen) atoms. The number of rotatable bonds is 3. The third kappa shape index (κ3) is 2.83. The van der Waals surface area contributed by atoms with E-state index in [1.165, 1.54) is 16.0 Å². The molecule has 0 atom stereocenters. The molecule has 0 spiro atoms. The van der Waals surface area contributed by atoms with Gasteiger partial charge in [-0.1, -0.05) is 50.3 Å². The van der Waals surface area contributed by atoms with Crippen molar-refractivity contribution in [3.8, 4) is 11.1 Å². The van der Waals surface area contributed by atoms with E-state index in [0.717, 1.165) is 0 Å². The van der Waals surface area contributed by atoms with Crippen LogP contribution in [0, 0.1) is 5.92 Å². The van der Waals surface area contributed by atoms with E-state index in [9.17, 15) is 0 Å². The van der Waals surface area contributed by atoms with E-state index in [1.54, 1.807) is 11.3 Å². The van der Waals surface area contributed by atoms with Crippen LogP contribution < -0.4 is 0 Å². The summed E-state index contributed by atoms with van der Waals surface area (Å²) in [6.07, 6.45) is 4.45. The van der Waals surface area contributed by atoms with Crippen molar-refractivity contribution in [3.63, 3.8) is 0 Å². The largest absolute Gasteiger partial charge is 0.144 e. The maximum absolute atomic E-state index is 2.25. The monoisotopic (exact) mass is 228 g/mol. The molecule has 1 heterocycles. The fourth-order valence-corrected chi connectivity index (χ4v) is 2.33. The van der Waals surface area contributed by atoms with E-state index in [0.29, 0.717) is 5.92 Å². The van der Waals surface area contributed by atoms with Gasteiger partial charge in [-0.05, 0) is 34.6 Å². The zero-order valence-corrected chi connectivity index (χ0v) is 10.5. The third-order valence-corrected chi connectivity index (χ3v) is 3.27. The first-order chi connectivity index (χ1) is 7.75. The van der Waals surface area contributed by atoms with Gasteiger partial charge in [-0.2, -0.15) is 0 Å². The molecule has 2 aromatic rings. The third-order valence-electron chi connectivity index (χ3n) is 2.37. The van der Waals surface area contributed by atoms with Crippen LogP contribution in [0.2, 0.25) is 0 Å². The molecule has 0 bridgehead atoms. The Labute approximate surface area is 101 Å². The Kier molecular flexibility index (Phi) is 3.58. The van der Waals surface area contributed by atoms with Crippen molar-refractivity contribution in [2.75, 3.05) is 0 Å². The second-order valence-corrected chi connectivity index (χ2v) is 5.15. The zero-order valence-electron chi connectivity index (χ0n) is 9.68. The first-order valence-corrected chi connectivity index (χ1v) is 6.46. The van der Waals surface area contributed by atoms with E-state index < -0.39 is 0 Å². The van der Waals surface area contributed by atoms with Crippen LogP contribution in [0.25, 0.3) is 17.2 Å². The summed E-state index contributed by atoms with van der Waals surface area (Å²) in [6, 6.07) is 12.8. The Morgan fingerprint density at radius 1 is 1.06 bits per heavy atom. The summed E-state index contributed by atoms with van der Waals surface area (Å²) in [5.41, 5.74) is 2.61. The highest BCUT2D eigenvalue weighted by Crippen LogP contribution is 2.26. The Morgan fingerprint density at radius 3 is 2.50 bits per heavy atom. The van der Waals surface area contributed by atoms with Crippen LogP contribution in [0.15, 0.2) is 47.9 Å². The molecule has 0 aliphatic heterocycles. The average molecular weight is 228 g/mol. The summed E-state index contributed by atoms with van der Waals surface area (Å²) in [5.74, 6) is 0.613. The van der Waals surface area contributed by atoms with Crippen molar-refractivity contribution < 1.29 is 0 Å². The van der Waals surface area contributed by atoms with Crippen LogP contribution in [-0.4, -0.2) is 0 Å². The second-order valence-electron chi connectivity index (χ2n) is 4.21. The molecule has 0 fully saturated rings. The van der Waals surface area contributed by atoms with Crippen molar-refractivity contribution in [3.05, 3.63) is 52.7 Å². The molecule has 82 valence electrons. The van der Waals surface area contributed by atoms with Crippen LogP contribution in [0.1, 0.15) is 18.7 Å². The first kappa shape index (κ1) is 11.2. The molecule has 1 aromatic heterocycles. The average Bonchev–Trinajstić information content (AvgIpc) is 2.76. The summed E-state index contributed by atoms with van der Waals surface area (Å²) < 4.78 is 0. The van der Waals surface area contributed by atoms with Crippen LogP contribution in [0.4, 0.5) is 0 Å². The summed E-state index contributed by atoms with van der Waals surface area (Å²) in [6.45, 7) is 4.39. The number of benzene rings is 1. The summed E-state index contributed by atoms with van der Waals surface area (Å²) >= 11 is 1.80. The molecule has 0 radical (unpaired) electrons. The van der Waals surface area contributed by atoms with Crippen molar-refractivity contribution in [2.45, 2.75) is 13.8 Å². The number of hydrogen-bond donors (Lipinski definition) is 0. The summed E-state index contributed by atoms with van der Waals surface area (Å²) in [7, 11) is 0. The van der Waals surface area contributed by atoms with Crippen LogP contribution in [-0.2, 0) is 0 Å². The van der Waals surface area contributed by atoms with Gasteiger partial charge in [0.15, 0.2) is 0 Å². The molecule has 0 aliphatic carbocycles. The van der Waals surface area contributed by atoms with Gasteiger partial charge in [-0.15, -0.1) is 11.3 Å². The van der Waals surface area contributed by atoms with Gasteiger partial charge in [0.2, 0.25) is 0 Å². The molecule has 0 amide bonds. The molecule has 0 N–H and O–H groups in total. The smallest absolute Gasteiger partial charge is 0.0273 e. The molecular weight excluding hydrogens is 212 g/mol. The van der Waals surface area contributed by atoms with Gasteiger partial charge in [0.05, 0.1) is 0 Å². The van der Waals surface area contributed by atoms with E-state index in [4.69, 9.17) is 0 Å². The number of hydrogen-bond acceptors (Lipinski definition) is 1. The molecule has 0 aliphatic rings. The minimum absolute atomic E-state index is 0.613. The van der Waals surface area contributed by atoms with Gasteiger partial charge in [0.25, 0.3) is 0 Å². The Balaban J connectivity index is 2.20. The number of allylic oxidation sites excluding steroid dienone is 1. The Bertz CT molecular complexity index is 463. The van der Waals surface area contributed by atoms with Crippen molar-refractivity contribution in [1.29, 1.82) is 0 Å². The van der Waals surface area contributed by atoms with Gasteiger partial charge in [-0.3, -0.25) is 0 Å². The van der Waals surface area contributed by atoms with Gasteiger partial charge in [0.1, 0.15) is 0 Å². The van der Waals surface area contributed by atoms with Crippen LogP contribution >= 0.6 is 11.3 Å². The molecule has 0 unspecified atom stereocenters. The molecule has 2 rings (SSSR count). The molecule has 0 saturated heterocycles. The second kappa shape index (κ2) is 5.13. The Hall–Kier alpha value is -1.34. The Morgan fingerprint density at radius 2 is 1.81 bits per heavy atom. The SMILES string of the molecule is CC(C)/C=C/c1cc(-c2ccccc2)cs1. The van der Waals surface area contributed by atoms with Crippen molar-refractivity contribution in [2.24, 2.45) is 5.92 Å². The molecule has 0 nitrogen and oxygen atoms in total. The lowest BCUT2D eigenvalue weighted by atomic mass is 10.1. The quantitative estimate of drug-likeness (QED) is 0.687. The van der Waals surface area contributed by atoms with Gasteiger partial charge in [0, 0.05) is 4.88 Å². The summed E-state index contributed by atoms with van der Waals surface area (Å²) in [4.78, 5) is 1.33. The lowest BCUT2D eigenvalue weighted by molar-refractivity contribution is 0.836. The van der Waals surface area contributed by atoms with Crippen LogP contribution in [0.5, 0.6) is 0 Å². The predicted molar refractivity (Wildman–Crippen MR) is 73.6 cm³/mol. The molecule has 1 aromatic carbocycles. The predicted octanol–water partition coefficient (Wildman–Crippen LogP) is 5.08. The highest BCUT2D eigenvalue weighted by Gasteiger charge is 1.99. The minimum Gasteiger partial charge on any atom is -0.144 e. The molecule has 1 heteroatoms. The number of thiophene rings is 1. The highest BCUT2D eigenvalue weighted by atomic mass is 32.1. The van der Waals surface area contributed by atoms with E-state index in [2.05, 4.69) is 67.8 Å². The maximum atomic E-state index is 2.25. The topological polar surface area (TPSA) is 0 Å². The molecule has 0 saturated carbocycles. The lowest BCUT2D eigenvalue weighted by Crippen LogP contribution is -1.75. The maximum Gasteiger partial charge on any atom is 0.0273 e. The fourth-order valence-electron chi connectivity index (χ4n) is 1.51.